The number of allylic oxidation sites excluding steroid dienone is 1. The molecule has 0 aromatic heterocycles. The normalized spacial score (nSPS) is 19.5. The molecule has 2 aromatic rings. The van der Waals surface area contributed by atoms with Crippen molar-refractivity contribution in [1.29, 1.82) is 0 Å². The highest BCUT2D eigenvalue weighted by Gasteiger charge is 2.25. The van der Waals surface area contributed by atoms with Crippen LogP contribution < -0.4 is 0 Å². The minimum atomic E-state index is -0.806. The maximum absolute atomic E-state index is 14.6. The zero-order valence-corrected chi connectivity index (χ0v) is 17.8. The molecule has 0 heterocycles. The molecule has 1 aliphatic rings. The van der Waals surface area contributed by atoms with Gasteiger partial charge in [-0.05, 0) is 73.5 Å². The summed E-state index contributed by atoms with van der Waals surface area (Å²) in [6, 6.07) is 6.71. The van der Waals surface area contributed by atoms with Gasteiger partial charge in [-0.1, -0.05) is 56.7 Å². The van der Waals surface area contributed by atoms with Gasteiger partial charge in [0, 0.05) is 5.56 Å². The third kappa shape index (κ3) is 4.96. The Morgan fingerprint density at radius 2 is 1.47 bits per heavy atom. The third-order valence-corrected chi connectivity index (χ3v) is 6.32. The molecule has 0 saturated heterocycles. The standard InChI is InChI=1S/C26H30F4/c1-3-5-6-20-15-16-22(26(30)25(20)29)19-10-7-17(8-11-19)9-12-21-14-13-18(4-2)23(27)24(21)28/h9,12-17,19H,3-8,10-11H2,1-2H3/b12-9+. The molecule has 30 heavy (non-hydrogen) atoms. The van der Waals surface area contributed by atoms with Crippen molar-refractivity contribution in [2.24, 2.45) is 5.92 Å². The Hall–Kier alpha value is -2.10. The van der Waals surface area contributed by atoms with E-state index in [4.69, 9.17) is 0 Å². The first kappa shape index (κ1) is 22.6. The van der Waals surface area contributed by atoms with Crippen molar-refractivity contribution in [2.75, 3.05) is 0 Å². The van der Waals surface area contributed by atoms with Crippen molar-refractivity contribution in [3.63, 3.8) is 0 Å². The molecule has 1 saturated carbocycles. The van der Waals surface area contributed by atoms with Crippen molar-refractivity contribution in [1.82, 2.24) is 0 Å². The Balaban J connectivity index is 1.63. The van der Waals surface area contributed by atoms with Crippen molar-refractivity contribution >= 4 is 6.08 Å². The second kappa shape index (κ2) is 10.3. The van der Waals surface area contributed by atoms with E-state index in [2.05, 4.69) is 0 Å². The van der Waals surface area contributed by atoms with Crippen LogP contribution in [0.15, 0.2) is 30.3 Å². The summed E-state index contributed by atoms with van der Waals surface area (Å²) in [6.07, 6.45) is 9.51. The first-order valence-corrected chi connectivity index (χ1v) is 11.1. The Morgan fingerprint density at radius 1 is 0.800 bits per heavy atom. The minimum Gasteiger partial charge on any atom is -0.203 e. The Labute approximate surface area is 177 Å². The van der Waals surface area contributed by atoms with Crippen LogP contribution in [0.2, 0.25) is 0 Å². The number of aryl methyl sites for hydroxylation is 2. The van der Waals surface area contributed by atoms with E-state index in [1.165, 1.54) is 0 Å². The molecule has 0 amide bonds. The summed E-state index contributed by atoms with van der Waals surface area (Å²) in [5.74, 6) is -2.75. The van der Waals surface area contributed by atoms with Gasteiger partial charge in [-0.3, -0.25) is 0 Å². The largest absolute Gasteiger partial charge is 0.203 e. The van der Waals surface area contributed by atoms with E-state index in [-0.39, 0.29) is 17.4 Å². The quantitative estimate of drug-likeness (QED) is 0.398. The Morgan fingerprint density at radius 3 is 2.13 bits per heavy atom. The van der Waals surface area contributed by atoms with Crippen LogP contribution in [0.5, 0.6) is 0 Å². The van der Waals surface area contributed by atoms with Gasteiger partial charge in [-0.25, -0.2) is 17.6 Å². The van der Waals surface area contributed by atoms with E-state index in [0.717, 1.165) is 38.5 Å². The number of halogens is 4. The molecule has 0 atom stereocenters. The van der Waals surface area contributed by atoms with Gasteiger partial charge in [0.25, 0.3) is 0 Å². The number of rotatable bonds is 7. The van der Waals surface area contributed by atoms with Crippen LogP contribution in [-0.2, 0) is 12.8 Å². The molecule has 0 unspecified atom stereocenters. The van der Waals surface area contributed by atoms with Crippen LogP contribution in [0.3, 0.4) is 0 Å². The molecule has 162 valence electrons. The van der Waals surface area contributed by atoms with Crippen LogP contribution in [0.1, 0.15) is 80.5 Å². The fraction of sp³-hybridized carbons (Fsp3) is 0.462. The SMILES string of the molecule is CCCCc1ccc(C2CCC(/C=C/c3ccc(CC)c(F)c3F)CC2)c(F)c1F. The number of unbranched alkanes of at least 4 members (excludes halogenated alkanes) is 1. The fourth-order valence-corrected chi connectivity index (χ4v) is 4.35. The highest BCUT2D eigenvalue weighted by Crippen LogP contribution is 2.38. The topological polar surface area (TPSA) is 0 Å². The molecule has 0 spiro atoms. The van der Waals surface area contributed by atoms with Gasteiger partial charge in [0.2, 0.25) is 0 Å². The zero-order valence-electron chi connectivity index (χ0n) is 17.8. The Kier molecular flexibility index (Phi) is 7.74. The molecule has 0 bridgehead atoms. The van der Waals surface area contributed by atoms with Crippen molar-refractivity contribution in [2.45, 2.75) is 71.1 Å². The van der Waals surface area contributed by atoms with Crippen molar-refractivity contribution in [3.05, 3.63) is 75.9 Å². The highest BCUT2D eigenvalue weighted by atomic mass is 19.2. The summed E-state index contributed by atoms with van der Waals surface area (Å²) >= 11 is 0. The maximum Gasteiger partial charge on any atom is 0.166 e. The fourth-order valence-electron chi connectivity index (χ4n) is 4.35. The maximum atomic E-state index is 14.6. The van der Waals surface area contributed by atoms with E-state index < -0.39 is 23.3 Å². The zero-order chi connectivity index (χ0) is 21.7. The van der Waals surface area contributed by atoms with Crippen LogP contribution in [-0.4, -0.2) is 0 Å². The lowest BCUT2D eigenvalue weighted by molar-refractivity contribution is 0.364. The van der Waals surface area contributed by atoms with Gasteiger partial charge < -0.3 is 0 Å². The first-order chi connectivity index (χ1) is 14.5. The predicted molar refractivity (Wildman–Crippen MR) is 114 cm³/mol. The molecule has 2 aromatic carbocycles. The van der Waals surface area contributed by atoms with Crippen molar-refractivity contribution in [3.8, 4) is 0 Å². The van der Waals surface area contributed by atoms with Gasteiger partial charge in [-0.15, -0.1) is 0 Å². The monoisotopic (exact) mass is 418 g/mol. The van der Waals surface area contributed by atoms with Crippen LogP contribution >= 0.6 is 0 Å². The predicted octanol–water partition coefficient (Wildman–Crippen LogP) is 8.14. The second-order valence-corrected chi connectivity index (χ2v) is 8.31. The van der Waals surface area contributed by atoms with Gasteiger partial charge in [0.1, 0.15) is 0 Å². The number of hydrogen-bond acceptors (Lipinski definition) is 0. The van der Waals surface area contributed by atoms with E-state index in [1.807, 2.05) is 13.0 Å². The van der Waals surface area contributed by atoms with E-state index in [1.54, 1.807) is 37.3 Å². The molecule has 4 heteroatoms. The van der Waals surface area contributed by atoms with Crippen LogP contribution in [0.25, 0.3) is 6.08 Å². The van der Waals surface area contributed by atoms with E-state index >= 15 is 0 Å². The molecule has 0 aliphatic heterocycles. The smallest absolute Gasteiger partial charge is 0.166 e. The summed E-state index contributed by atoms with van der Waals surface area (Å²) in [4.78, 5) is 0. The molecular formula is C26H30F4. The minimum absolute atomic E-state index is 0.00222. The lowest BCUT2D eigenvalue weighted by atomic mass is 9.78. The third-order valence-electron chi connectivity index (χ3n) is 6.32. The molecule has 0 nitrogen and oxygen atoms in total. The number of benzene rings is 2. The van der Waals surface area contributed by atoms with Gasteiger partial charge in [-0.2, -0.15) is 0 Å². The summed E-state index contributed by atoms with van der Waals surface area (Å²) < 4.78 is 57.2. The summed E-state index contributed by atoms with van der Waals surface area (Å²) in [7, 11) is 0. The average molecular weight is 419 g/mol. The van der Waals surface area contributed by atoms with Gasteiger partial charge >= 0.3 is 0 Å². The van der Waals surface area contributed by atoms with Crippen LogP contribution in [0, 0.1) is 29.2 Å². The molecule has 1 fully saturated rings. The van der Waals surface area contributed by atoms with Gasteiger partial charge in [0.05, 0.1) is 0 Å². The lowest BCUT2D eigenvalue weighted by Gasteiger charge is -2.27. The molecule has 0 radical (unpaired) electrons. The summed E-state index contributed by atoms with van der Waals surface area (Å²) in [5, 5.41) is 0. The molecule has 3 rings (SSSR count). The number of hydrogen-bond donors (Lipinski definition) is 0. The Bertz CT molecular complexity index is 892. The molecule has 1 aliphatic carbocycles. The highest BCUT2D eigenvalue weighted by molar-refractivity contribution is 5.51. The van der Waals surface area contributed by atoms with E-state index in [9.17, 15) is 17.6 Å². The van der Waals surface area contributed by atoms with E-state index in [0.29, 0.717) is 29.5 Å². The van der Waals surface area contributed by atoms with Gasteiger partial charge in [0.15, 0.2) is 23.3 Å². The molecule has 0 N–H and O–H groups in total. The van der Waals surface area contributed by atoms with Crippen molar-refractivity contribution < 1.29 is 17.6 Å². The summed E-state index contributed by atoms with van der Waals surface area (Å²) in [6.45, 7) is 3.82. The molecular weight excluding hydrogens is 388 g/mol. The second-order valence-electron chi connectivity index (χ2n) is 8.31. The van der Waals surface area contributed by atoms with Crippen LogP contribution in [0.4, 0.5) is 17.6 Å². The summed E-state index contributed by atoms with van der Waals surface area (Å²) in [5.41, 5.74) is 1.55. The first-order valence-electron chi connectivity index (χ1n) is 11.1. The average Bonchev–Trinajstić information content (AvgIpc) is 2.76. The lowest BCUT2D eigenvalue weighted by Crippen LogP contribution is -2.14.